The van der Waals surface area contributed by atoms with Crippen LogP contribution in [0.5, 0.6) is 0 Å². The average Bonchev–Trinajstić information content (AvgIpc) is 2.53. The lowest BCUT2D eigenvalue weighted by Crippen LogP contribution is -1.95. The molecule has 0 amide bonds. The van der Waals surface area contributed by atoms with E-state index in [2.05, 4.69) is 24.2 Å². The topological polar surface area (TPSA) is 36.1 Å². The third kappa shape index (κ3) is 2.75. The van der Waals surface area contributed by atoms with Crippen LogP contribution < -0.4 is 0 Å². The molecule has 0 N–H and O–H groups in total. The summed E-state index contributed by atoms with van der Waals surface area (Å²) in [6.45, 7) is 9.87. The van der Waals surface area contributed by atoms with Gasteiger partial charge in [0.1, 0.15) is 0 Å². The number of benzene rings is 2. The van der Waals surface area contributed by atoms with Crippen LogP contribution in [0, 0.1) is 11.3 Å². The van der Waals surface area contributed by atoms with Crippen LogP contribution in [-0.2, 0) is 0 Å². The molecule has 108 valence electrons. The van der Waals surface area contributed by atoms with Gasteiger partial charge in [-0.15, -0.1) is 0 Å². The lowest BCUT2D eigenvalue weighted by molar-refractivity contribution is 1.44. The van der Waals surface area contributed by atoms with Crippen molar-refractivity contribution in [2.24, 2.45) is 4.99 Å². The molecule has 0 aromatic heterocycles. The second-order valence-electron chi connectivity index (χ2n) is 5.02. The highest BCUT2D eigenvalue weighted by Crippen LogP contribution is 2.30. The van der Waals surface area contributed by atoms with Crippen molar-refractivity contribution in [1.29, 1.82) is 5.26 Å². The van der Waals surface area contributed by atoms with Crippen molar-refractivity contribution < 1.29 is 0 Å². The standard InChI is InChI=1S/C20H18N2/c1-5-16(14(2)3)20(13-22-4)19-11-7-9-17-15(12-21)8-6-10-18(17)19/h5-11,13H,1-2H2,3-4H3/b20-16+,22-13?. The van der Waals surface area contributed by atoms with Crippen molar-refractivity contribution >= 4 is 22.6 Å². The molecule has 2 nitrogen and oxygen atoms in total. The molecule has 0 unspecified atom stereocenters. The van der Waals surface area contributed by atoms with Crippen molar-refractivity contribution in [2.45, 2.75) is 6.92 Å². The fraction of sp³-hybridized carbons (Fsp3) is 0.100. The van der Waals surface area contributed by atoms with E-state index >= 15 is 0 Å². The van der Waals surface area contributed by atoms with Gasteiger partial charge in [-0.1, -0.05) is 55.1 Å². The van der Waals surface area contributed by atoms with E-state index in [1.54, 1.807) is 13.1 Å². The van der Waals surface area contributed by atoms with Gasteiger partial charge in [0.05, 0.1) is 11.6 Å². The summed E-state index contributed by atoms with van der Waals surface area (Å²) in [7, 11) is 1.74. The van der Waals surface area contributed by atoms with Gasteiger partial charge in [-0.3, -0.25) is 4.99 Å². The number of nitrogens with zero attached hydrogens (tertiary/aromatic N) is 2. The molecule has 2 aromatic carbocycles. The molecule has 0 aliphatic rings. The number of allylic oxidation sites excluding steroid dienone is 4. The molecule has 0 heterocycles. The number of hydrogen-bond acceptors (Lipinski definition) is 2. The Morgan fingerprint density at radius 1 is 1.18 bits per heavy atom. The second kappa shape index (κ2) is 6.69. The molecule has 2 rings (SSSR count). The summed E-state index contributed by atoms with van der Waals surface area (Å²) in [6.07, 6.45) is 3.62. The maximum atomic E-state index is 9.29. The van der Waals surface area contributed by atoms with E-state index in [1.165, 1.54) is 0 Å². The molecule has 22 heavy (non-hydrogen) atoms. The summed E-state index contributed by atoms with van der Waals surface area (Å²) in [5, 5.41) is 11.3. The van der Waals surface area contributed by atoms with Crippen LogP contribution in [0.1, 0.15) is 18.1 Å². The zero-order chi connectivity index (χ0) is 16.1. The predicted molar refractivity (Wildman–Crippen MR) is 95.0 cm³/mol. The molecule has 0 saturated carbocycles. The lowest BCUT2D eigenvalue weighted by Gasteiger charge is -2.12. The Kier molecular flexibility index (Phi) is 4.70. The summed E-state index contributed by atoms with van der Waals surface area (Å²) >= 11 is 0. The van der Waals surface area contributed by atoms with Crippen molar-refractivity contribution in [3.05, 3.63) is 77.9 Å². The van der Waals surface area contributed by atoms with Crippen molar-refractivity contribution in [3.63, 3.8) is 0 Å². The number of aliphatic imine (C=N–C) groups is 1. The Balaban J connectivity index is 2.91. The third-order valence-corrected chi connectivity index (χ3v) is 3.54. The van der Waals surface area contributed by atoms with Gasteiger partial charge in [0.25, 0.3) is 0 Å². The van der Waals surface area contributed by atoms with E-state index in [1.807, 2.05) is 49.5 Å². The van der Waals surface area contributed by atoms with Gasteiger partial charge in [0.15, 0.2) is 0 Å². The fourth-order valence-electron chi connectivity index (χ4n) is 2.57. The first-order valence-electron chi connectivity index (χ1n) is 7.01. The van der Waals surface area contributed by atoms with E-state index in [0.29, 0.717) is 5.56 Å². The fourth-order valence-corrected chi connectivity index (χ4v) is 2.57. The highest BCUT2D eigenvalue weighted by Gasteiger charge is 2.11. The van der Waals surface area contributed by atoms with Crippen LogP contribution in [-0.4, -0.2) is 13.3 Å². The minimum atomic E-state index is 0.669. The number of rotatable bonds is 4. The molecule has 0 spiro atoms. The summed E-state index contributed by atoms with van der Waals surface area (Å²) in [5.74, 6) is 0. The molecule has 0 saturated heterocycles. The van der Waals surface area contributed by atoms with Crippen LogP contribution in [0.25, 0.3) is 16.3 Å². The van der Waals surface area contributed by atoms with Crippen LogP contribution in [0.2, 0.25) is 0 Å². The van der Waals surface area contributed by atoms with Gasteiger partial charge in [-0.25, -0.2) is 0 Å². The average molecular weight is 286 g/mol. The minimum absolute atomic E-state index is 0.669. The highest BCUT2D eigenvalue weighted by molar-refractivity contribution is 6.17. The van der Waals surface area contributed by atoms with Gasteiger partial charge >= 0.3 is 0 Å². The zero-order valence-corrected chi connectivity index (χ0v) is 12.9. The number of fused-ring (bicyclic) bond motifs is 1. The Morgan fingerprint density at radius 3 is 2.45 bits per heavy atom. The summed E-state index contributed by atoms with van der Waals surface area (Å²) in [6, 6.07) is 14.0. The van der Waals surface area contributed by atoms with Gasteiger partial charge in [0.2, 0.25) is 0 Å². The van der Waals surface area contributed by atoms with E-state index in [0.717, 1.165) is 33.1 Å². The Morgan fingerprint density at radius 2 is 1.86 bits per heavy atom. The van der Waals surface area contributed by atoms with Gasteiger partial charge in [-0.2, -0.15) is 5.26 Å². The minimum Gasteiger partial charge on any atom is -0.296 e. The Bertz CT molecular complexity index is 846. The van der Waals surface area contributed by atoms with Crippen LogP contribution >= 0.6 is 0 Å². The third-order valence-electron chi connectivity index (χ3n) is 3.54. The van der Waals surface area contributed by atoms with Crippen molar-refractivity contribution in [1.82, 2.24) is 0 Å². The quantitative estimate of drug-likeness (QED) is 0.580. The second-order valence-corrected chi connectivity index (χ2v) is 5.02. The molecule has 0 aliphatic carbocycles. The molecule has 0 bridgehead atoms. The molecular formula is C20H18N2. The Hall–Kier alpha value is -2.92. The number of hydrogen-bond donors (Lipinski definition) is 0. The maximum Gasteiger partial charge on any atom is 0.0998 e. The van der Waals surface area contributed by atoms with Crippen LogP contribution in [0.15, 0.2) is 71.8 Å². The number of nitriles is 1. The van der Waals surface area contributed by atoms with E-state index in [4.69, 9.17) is 0 Å². The van der Waals surface area contributed by atoms with Crippen molar-refractivity contribution in [3.8, 4) is 6.07 Å². The molecule has 0 atom stereocenters. The summed E-state index contributed by atoms with van der Waals surface area (Å²) < 4.78 is 0. The molecule has 2 heteroatoms. The molecule has 0 radical (unpaired) electrons. The summed E-state index contributed by atoms with van der Waals surface area (Å²) in [5.41, 5.74) is 4.55. The van der Waals surface area contributed by atoms with Crippen molar-refractivity contribution in [2.75, 3.05) is 7.05 Å². The first kappa shape index (κ1) is 15.5. The monoisotopic (exact) mass is 286 g/mol. The smallest absolute Gasteiger partial charge is 0.0998 e. The first-order valence-corrected chi connectivity index (χ1v) is 7.01. The molecule has 0 fully saturated rings. The van der Waals surface area contributed by atoms with E-state index in [9.17, 15) is 5.26 Å². The van der Waals surface area contributed by atoms with Gasteiger partial charge in [0, 0.05) is 24.2 Å². The largest absolute Gasteiger partial charge is 0.296 e. The van der Waals surface area contributed by atoms with Crippen LogP contribution in [0.3, 0.4) is 0 Å². The predicted octanol–water partition coefficient (Wildman–Crippen LogP) is 4.93. The Labute approximate surface area is 131 Å². The lowest BCUT2D eigenvalue weighted by atomic mass is 9.91. The van der Waals surface area contributed by atoms with E-state index in [-0.39, 0.29) is 0 Å². The first-order chi connectivity index (χ1) is 10.6. The molecule has 0 aliphatic heterocycles. The zero-order valence-electron chi connectivity index (χ0n) is 12.9. The molecule has 2 aromatic rings. The normalized spacial score (nSPS) is 12.0. The van der Waals surface area contributed by atoms with Gasteiger partial charge < -0.3 is 0 Å². The van der Waals surface area contributed by atoms with Gasteiger partial charge in [-0.05, 0) is 29.5 Å². The van der Waals surface area contributed by atoms with E-state index < -0.39 is 0 Å². The maximum absolute atomic E-state index is 9.29. The highest BCUT2D eigenvalue weighted by atomic mass is 14.6. The SMILES string of the molecule is C=C/C(C(=C)C)=C(/C=NC)c1cccc2c(C#N)cccc12. The van der Waals surface area contributed by atoms with Crippen LogP contribution in [0.4, 0.5) is 0 Å². The summed E-state index contributed by atoms with van der Waals surface area (Å²) in [4.78, 5) is 4.18. The molecular weight excluding hydrogens is 268 g/mol.